The van der Waals surface area contributed by atoms with Crippen molar-refractivity contribution in [3.05, 3.63) is 42.0 Å². The topological polar surface area (TPSA) is 127 Å². The molecule has 5 atom stereocenters. The van der Waals surface area contributed by atoms with Gasteiger partial charge < -0.3 is 30.3 Å². The Bertz CT molecular complexity index is 555. The molecule has 2 rings (SSSR count). The fourth-order valence-electron chi connectivity index (χ4n) is 2.63. The molecule has 7 nitrogen and oxygen atoms in total. The van der Waals surface area contributed by atoms with E-state index in [2.05, 4.69) is 0 Å². The average molecular weight is 324 g/mol. The summed E-state index contributed by atoms with van der Waals surface area (Å²) in [6.45, 7) is -0.523. The van der Waals surface area contributed by atoms with Crippen LogP contribution in [-0.2, 0) is 9.53 Å². The van der Waals surface area contributed by atoms with Gasteiger partial charge in [0.15, 0.2) is 0 Å². The number of hydrogen-bond donors (Lipinski definition) is 5. The van der Waals surface area contributed by atoms with Crippen LogP contribution in [0.15, 0.2) is 36.4 Å². The Hall–Kier alpha value is -1.77. The zero-order valence-electron chi connectivity index (χ0n) is 12.3. The van der Waals surface area contributed by atoms with Crippen molar-refractivity contribution in [3.8, 4) is 0 Å². The monoisotopic (exact) mass is 324 g/mol. The van der Waals surface area contributed by atoms with E-state index in [4.69, 9.17) is 9.84 Å². The minimum absolute atomic E-state index is 0.0117. The Kier molecular flexibility index (Phi) is 5.86. The van der Waals surface area contributed by atoms with Crippen LogP contribution in [0.2, 0.25) is 0 Å². The molecule has 0 radical (unpaired) electrons. The van der Waals surface area contributed by atoms with Crippen molar-refractivity contribution in [1.82, 2.24) is 0 Å². The van der Waals surface area contributed by atoms with Gasteiger partial charge >= 0.3 is 5.97 Å². The largest absolute Gasteiger partial charge is 0.478 e. The number of carboxylic acid groups (broad SMARTS) is 1. The first kappa shape index (κ1) is 17.6. The lowest BCUT2D eigenvalue weighted by atomic mass is 9.89. The van der Waals surface area contributed by atoms with Crippen LogP contribution in [0.1, 0.15) is 12.0 Å². The van der Waals surface area contributed by atoms with Crippen LogP contribution in [0.25, 0.3) is 5.57 Å². The van der Waals surface area contributed by atoms with Gasteiger partial charge in [-0.1, -0.05) is 30.3 Å². The van der Waals surface area contributed by atoms with E-state index >= 15 is 0 Å². The number of aliphatic hydroxyl groups is 4. The highest BCUT2D eigenvalue weighted by Gasteiger charge is 2.43. The van der Waals surface area contributed by atoms with Gasteiger partial charge in [-0.15, -0.1) is 0 Å². The Labute approximate surface area is 133 Å². The highest BCUT2D eigenvalue weighted by Crippen LogP contribution is 2.29. The second kappa shape index (κ2) is 7.67. The molecular formula is C16H20O7. The van der Waals surface area contributed by atoms with Crippen molar-refractivity contribution >= 4 is 11.5 Å². The Morgan fingerprint density at radius 1 is 1.04 bits per heavy atom. The molecule has 1 heterocycles. The molecule has 7 heteroatoms. The molecule has 1 aromatic rings. The van der Waals surface area contributed by atoms with Crippen LogP contribution in [0.5, 0.6) is 0 Å². The Balaban J connectivity index is 2.24. The number of aliphatic carboxylic acids is 1. The van der Waals surface area contributed by atoms with Gasteiger partial charge in [0.25, 0.3) is 0 Å². The first-order valence-electron chi connectivity index (χ1n) is 7.23. The summed E-state index contributed by atoms with van der Waals surface area (Å²) in [5, 5.41) is 47.9. The van der Waals surface area contributed by atoms with E-state index in [1.54, 1.807) is 30.3 Å². The molecule has 0 aromatic heterocycles. The highest BCUT2D eigenvalue weighted by atomic mass is 16.5. The third-order valence-electron chi connectivity index (χ3n) is 3.85. The maximum atomic E-state index is 11.0. The second-order valence-electron chi connectivity index (χ2n) is 5.45. The number of ether oxygens (including phenoxy) is 1. The molecule has 0 saturated carbocycles. The standard InChI is InChI=1S/C16H20O7/c17-8-12-15(21)16(22)14(20)11(23-12)6-10(7-13(18)19)9-4-2-1-3-5-9/h1-5,7,11-12,14-17,20-22H,6,8H2,(H,18,19)/b10-7+/t11-,12+,14-,15-,16+/m0/s1. The normalized spacial score (nSPS) is 31.8. The molecule has 5 N–H and O–H groups in total. The summed E-state index contributed by atoms with van der Waals surface area (Å²) in [4.78, 5) is 11.0. The predicted octanol–water partition coefficient (Wildman–Crippen LogP) is -0.613. The molecular weight excluding hydrogens is 304 g/mol. The van der Waals surface area contributed by atoms with E-state index in [0.717, 1.165) is 6.08 Å². The van der Waals surface area contributed by atoms with Gasteiger partial charge in [0.1, 0.15) is 24.4 Å². The molecule has 0 unspecified atom stereocenters. The van der Waals surface area contributed by atoms with E-state index in [-0.39, 0.29) is 6.42 Å². The maximum Gasteiger partial charge on any atom is 0.328 e. The minimum atomic E-state index is -1.48. The summed E-state index contributed by atoms with van der Waals surface area (Å²) in [5.41, 5.74) is 1.05. The summed E-state index contributed by atoms with van der Waals surface area (Å²) >= 11 is 0. The van der Waals surface area contributed by atoms with Crippen LogP contribution in [-0.4, -0.2) is 68.6 Å². The lowest BCUT2D eigenvalue weighted by molar-refractivity contribution is -0.227. The molecule has 1 fully saturated rings. The molecule has 0 amide bonds. The fourth-order valence-corrected chi connectivity index (χ4v) is 2.63. The number of carbonyl (C=O) groups is 1. The molecule has 1 aliphatic heterocycles. The van der Waals surface area contributed by atoms with Crippen molar-refractivity contribution in [2.24, 2.45) is 0 Å². The average Bonchev–Trinajstić information content (AvgIpc) is 2.55. The van der Waals surface area contributed by atoms with Gasteiger partial charge in [0.2, 0.25) is 0 Å². The third-order valence-corrected chi connectivity index (χ3v) is 3.85. The number of carboxylic acids is 1. The van der Waals surface area contributed by atoms with Gasteiger partial charge in [-0.2, -0.15) is 0 Å². The molecule has 23 heavy (non-hydrogen) atoms. The van der Waals surface area contributed by atoms with Crippen LogP contribution >= 0.6 is 0 Å². The van der Waals surface area contributed by atoms with Gasteiger partial charge in [0, 0.05) is 12.5 Å². The lowest BCUT2D eigenvalue weighted by Gasteiger charge is -2.40. The highest BCUT2D eigenvalue weighted by molar-refractivity contribution is 5.90. The summed E-state index contributed by atoms with van der Waals surface area (Å²) in [6.07, 6.45) is -5.25. The number of rotatable bonds is 5. The molecule has 1 aliphatic rings. The zero-order chi connectivity index (χ0) is 17.0. The molecule has 0 spiro atoms. The van der Waals surface area contributed by atoms with Crippen LogP contribution in [0, 0.1) is 0 Å². The number of benzene rings is 1. The van der Waals surface area contributed by atoms with E-state index in [1.165, 1.54) is 0 Å². The summed E-state index contributed by atoms with van der Waals surface area (Å²) < 4.78 is 5.42. The van der Waals surface area contributed by atoms with E-state index in [1.807, 2.05) is 0 Å². The minimum Gasteiger partial charge on any atom is -0.478 e. The van der Waals surface area contributed by atoms with E-state index < -0.39 is 43.1 Å². The predicted molar refractivity (Wildman–Crippen MR) is 80.4 cm³/mol. The SMILES string of the molecule is O=C(O)/C=C(\C[C@@H]1O[C@H](CO)[C@H](O)[C@H](O)[C@H]1O)c1ccccc1. The van der Waals surface area contributed by atoms with Crippen molar-refractivity contribution < 1.29 is 35.1 Å². The first-order valence-corrected chi connectivity index (χ1v) is 7.23. The second-order valence-corrected chi connectivity index (χ2v) is 5.45. The maximum absolute atomic E-state index is 11.0. The Morgan fingerprint density at radius 3 is 2.22 bits per heavy atom. The van der Waals surface area contributed by atoms with Crippen molar-refractivity contribution in [2.45, 2.75) is 36.9 Å². The molecule has 1 aromatic carbocycles. The summed E-state index contributed by atoms with van der Waals surface area (Å²) in [6, 6.07) is 8.73. The van der Waals surface area contributed by atoms with Crippen molar-refractivity contribution in [1.29, 1.82) is 0 Å². The van der Waals surface area contributed by atoms with E-state index in [9.17, 15) is 25.2 Å². The quantitative estimate of drug-likeness (QED) is 0.457. The number of hydrogen-bond acceptors (Lipinski definition) is 6. The third kappa shape index (κ3) is 4.15. The van der Waals surface area contributed by atoms with Crippen molar-refractivity contribution in [2.75, 3.05) is 6.61 Å². The first-order chi connectivity index (χ1) is 10.9. The molecule has 1 saturated heterocycles. The van der Waals surface area contributed by atoms with Crippen LogP contribution in [0.3, 0.4) is 0 Å². The molecule has 126 valence electrons. The summed E-state index contributed by atoms with van der Waals surface area (Å²) in [7, 11) is 0. The van der Waals surface area contributed by atoms with Gasteiger partial charge in [-0.05, 0) is 11.1 Å². The van der Waals surface area contributed by atoms with Gasteiger partial charge in [-0.25, -0.2) is 4.79 Å². The van der Waals surface area contributed by atoms with Crippen molar-refractivity contribution in [3.63, 3.8) is 0 Å². The smallest absolute Gasteiger partial charge is 0.328 e. The lowest BCUT2D eigenvalue weighted by Crippen LogP contribution is -2.58. The van der Waals surface area contributed by atoms with Gasteiger partial charge in [0.05, 0.1) is 12.7 Å². The van der Waals surface area contributed by atoms with E-state index in [0.29, 0.717) is 11.1 Å². The Morgan fingerprint density at radius 2 is 1.65 bits per heavy atom. The zero-order valence-corrected chi connectivity index (χ0v) is 12.3. The summed E-state index contributed by atoms with van der Waals surface area (Å²) in [5.74, 6) is -1.14. The van der Waals surface area contributed by atoms with Crippen LogP contribution in [0.4, 0.5) is 0 Å². The number of aliphatic hydroxyl groups excluding tert-OH is 4. The molecule has 0 aliphatic carbocycles. The van der Waals surface area contributed by atoms with Crippen LogP contribution < -0.4 is 0 Å². The van der Waals surface area contributed by atoms with Gasteiger partial charge in [-0.3, -0.25) is 0 Å². The fraction of sp³-hybridized carbons (Fsp3) is 0.438. The molecule has 0 bridgehead atoms.